The number of hydrogen-bond donors (Lipinski definition) is 0. The first-order valence-electron chi connectivity index (χ1n) is 5.42. The van der Waals surface area contributed by atoms with Gasteiger partial charge in [-0.25, -0.2) is 4.98 Å². The lowest BCUT2D eigenvalue weighted by molar-refractivity contribution is -0.140. The highest BCUT2D eigenvalue weighted by atomic mass is 16.5. The Kier molecular flexibility index (Phi) is 4.98. The molecule has 0 aromatic carbocycles. The molecule has 0 aliphatic heterocycles. The Morgan fingerprint density at radius 3 is 3.00 bits per heavy atom. The van der Waals surface area contributed by atoms with E-state index in [4.69, 9.17) is 0 Å². The zero-order valence-corrected chi connectivity index (χ0v) is 10.1. The average Bonchev–Trinajstić information content (AvgIpc) is 2.73. The fraction of sp³-hybridized carbons (Fsp3) is 0.636. The van der Waals surface area contributed by atoms with Crippen molar-refractivity contribution in [1.82, 2.24) is 14.5 Å². The number of carbonyl (C=O) groups excluding carboxylic acids is 1. The molecule has 0 amide bonds. The molecule has 1 rings (SSSR count). The van der Waals surface area contributed by atoms with Crippen molar-refractivity contribution < 1.29 is 9.53 Å². The van der Waals surface area contributed by atoms with E-state index in [1.54, 1.807) is 6.20 Å². The zero-order valence-electron chi connectivity index (χ0n) is 10.1. The summed E-state index contributed by atoms with van der Waals surface area (Å²) in [5, 5.41) is 0. The van der Waals surface area contributed by atoms with Crippen molar-refractivity contribution in [2.75, 3.05) is 20.7 Å². The van der Waals surface area contributed by atoms with Crippen LogP contribution in [0.1, 0.15) is 19.2 Å². The Bertz CT molecular complexity index is 336. The van der Waals surface area contributed by atoms with E-state index in [2.05, 4.69) is 26.1 Å². The second kappa shape index (κ2) is 6.27. The number of methoxy groups -OCH3 is 1. The number of hydrogen-bond acceptors (Lipinski definition) is 4. The summed E-state index contributed by atoms with van der Waals surface area (Å²) in [7, 11) is 3.38. The normalized spacial score (nSPS) is 10.8. The van der Waals surface area contributed by atoms with Crippen LogP contribution < -0.4 is 0 Å². The van der Waals surface area contributed by atoms with Crippen molar-refractivity contribution in [3.8, 4) is 0 Å². The number of carbonyl (C=O) groups is 1. The van der Waals surface area contributed by atoms with Crippen molar-refractivity contribution in [2.24, 2.45) is 0 Å². The Morgan fingerprint density at radius 2 is 2.38 bits per heavy atom. The Labute approximate surface area is 96.0 Å². The van der Waals surface area contributed by atoms with Gasteiger partial charge in [0.25, 0.3) is 0 Å². The molecule has 5 nitrogen and oxygen atoms in total. The van der Waals surface area contributed by atoms with Crippen molar-refractivity contribution in [3.63, 3.8) is 0 Å². The Hall–Kier alpha value is -1.36. The lowest BCUT2D eigenvalue weighted by Crippen LogP contribution is -2.23. The third-order valence-electron chi connectivity index (χ3n) is 2.48. The van der Waals surface area contributed by atoms with Crippen LogP contribution in [0.2, 0.25) is 0 Å². The number of ether oxygens (including phenoxy) is 1. The summed E-state index contributed by atoms with van der Waals surface area (Å²) < 4.78 is 6.69. The molecule has 0 fully saturated rings. The minimum atomic E-state index is -0.175. The summed E-state index contributed by atoms with van der Waals surface area (Å²) in [5.74, 6) is 0.848. The summed E-state index contributed by atoms with van der Waals surface area (Å²) in [6.45, 7) is 4.43. The minimum Gasteiger partial charge on any atom is -0.469 e. The minimum absolute atomic E-state index is 0.175. The van der Waals surface area contributed by atoms with E-state index in [1.165, 1.54) is 7.11 Å². The van der Waals surface area contributed by atoms with Gasteiger partial charge in [0, 0.05) is 25.5 Å². The van der Waals surface area contributed by atoms with Gasteiger partial charge < -0.3 is 9.30 Å². The molecule has 0 saturated carbocycles. The van der Waals surface area contributed by atoms with Gasteiger partial charge in [-0.15, -0.1) is 0 Å². The van der Waals surface area contributed by atoms with Gasteiger partial charge in [-0.2, -0.15) is 0 Å². The molecule has 0 bridgehead atoms. The van der Waals surface area contributed by atoms with Gasteiger partial charge >= 0.3 is 5.97 Å². The van der Waals surface area contributed by atoms with E-state index < -0.39 is 0 Å². The molecule has 1 aromatic rings. The average molecular weight is 225 g/mol. The highest BCUT2D eigenvalue weighted by Gasteiger charge is 2.07. The topological polar surface area (TPSA) is 47.4 Å². The van der Waals surface area contributed by atoms with Crippen LogP contribution in [-0.4, -0.2) is 41.1 Å². The maximum absolute atomic E-state index is 11.0. The van der Waals surface area contributed by atoms with Crippen LogP contribution in [0.5, 0.6) is 0 Å². The summed E-state index contributed by atoms with van der Waals surface area (Å²) >= 11 is 0. The number of aryl methyl sites for hydroxylation is 1. The molecule has 16 heavy (non-hydrogen) atoms. The van der Waals surface area contributed by atoms with E-state index >= 15 is 0 Å². The van der Waals surface area contributed by atoms with Crippen molar-refractivity contribution in [2.45, 2.75) is 26.4 Å². The van der Waals surface area contributed by atoms with Gasteiger partial charge in [0.1, 0.15) is 5.82 Å². The van der Waals surface area contributed by atoms with Gasteiger partial charge in [-0.3, -0.25) is 9.69 Å². The molecule has 0 aliphatic rings. The van der Waals surface area contributed by atoms with Crippen molar-refractivity contribution in [1.29, 1.82) is 0 Å². The van der Waals surface area contributed by atoms with E-state index in [9.17, 15) is 4.79 Å². The Morgan fingerprint density at radius 1 is 1.62 bits per heavy atom. The first-order chi connectivity index (χ1) is 7.67. The molecule has 0 saturated heterocycles. The standard InChI is InChI=1S/C11H19N3O2/c1-4-14-8-6-12-10(14)9-13(2)7-5-11(15)16-3/h6,8H,4-5,7,9H2,1-3H3. The SMILES string of the molecule is CCn1ccnc1CN(C)CCC(=O)OC. The molecule has 0 unspecified atom stereocenters. The summed E-state index contributed by atoms with van der Waals surface area (Å²) in [6, 6.07) is 0. The van der Waals surface area contributed by atoms with E-state index in [1.807, 2.05) is 13.2 Å². The van der Waals surface area contributed by atoms with Crippen molar-refractivity contribution in [3.05, 3.63) is 18.2 Å². The third kappa shape index (κ3) is 3.66. The first-order valence-corrected chi connectivity index (χ1v) is 5.42. The second-order valence-electron chi connectivity index (χ2n) is 3.69. The second-order valence-corrected chi connectivity index (χ2v) is 3.69. The fourth-order valence-electron chi connectivity index (χ4n) is 1.48. The van der Waals surface area contributed by atoms with Crippen LogP contribution in [0, 0.1) is 0 Å². The number of rotatable bonds is 6. The van der Waals surface area contributed by atoms with Crippen LogP contribution in [0.3, 0.4) is 0 Å². The molecule has 0 atom stereocenters. The number of imidazole rings is 1. The molecule has 5 heteroatoms. The van der Waals surface area contributed by atoms with Gasteiger partial charge in [0.2, 0.25) is 0 Å². The molecule has 0 aliphatic carbocycles. The predicted octanol–water partition coefficient (Wildman–Crippen LogP) is 0.898. The molecule has 0 N–H and O–H groups in total. The van der Waals surface area contributed by atoms with Crippen LogP contribution in [0.15, 0.2) is 12.4 Å². The van der Waals surface area contributed by atoms with Crippen LogP contribution in [0.4, 0.5) is 0 Å². The molecule has 0 radical (unpaired) electrons. The maximum Gasteiger partial charge on any atom is 0.306 e. The molecule has 90 valence electrons. The largest absolute Gasteiger partial charge is 0.469 e. The number of aromatic nitrogens is 2. The van der Waals surface area contributed by atoms with E-state index in [0.717, 1.165) is 18.9 Å². The quantitative estimate of drug-likeness (QED) is 0.675. The first kappa shape index (κ1) is 12.7. The molecule has 1 aromatic heterocycles. The maximum atomic E-state index is 11.0. The van der Waals surface area contributed by atoms with Gasteiger partial charge in [-0.05, 0) is 14.0 Å². The third-order valence-corrected chi connectivity index (χ3v) is 2.48. The van der Waals surface area contributed by atoms with Crippen LogP contribution in [0.25, 0.3) is 0 Å². The van der Waals surface area contributed by atoms with Crippen LogP contribution in [-0.2, 0) is 22.6 Å². The Balaban J connectivity index is 2.39. The number of esters is 1. The predicted molar refractivity (Wildman–Crippen MR) is 60.9 cm³/mol. The molecule has 1 heterocycles. The van der Waals surface area contributed by atoms with Gasteiger partial charge in [-0.1, -0.05) is 0 Å². The molecular weight excluding hydrogens is 206 g/mol. The highest BCUT2D eigenvalue weighted by Crippen LogP contribution is 2.02. The zero-order chi connectivity index (χ0) is 12.0. The molecular formula is C11H19N3O2. The number of nitrogens with zero attached hydrogens (tertiary/aromatic N) is 3. The summed E-state index contributed by atoms with van der Waals surface area (Å²) in [4.78, 5) is 17.3. The lowest BCUT2D eigenvalue weighted by Gasteiger charge is -2.15. The lowest BCUT2D eigenvalue weighted by atomic mass is 10.4. The fourth-order valence-corrected chi connectivity index (χ4v) is 1.48. The van der Waals surface area contributed by atoms with Gasteiger partial charge in [0.15, 0.2) is 0 Å². The van der Waals surface area contributed by atoms with Crippen LogP contribution >= 0.6 is 0 Å². The van der Waals surface area contributed by atoms with E-state index in [-0.39, 0.29) is 5.97 Å². The van der Waals surface area contributed by atoms with E-state index in [0.29, 0.717) is 13.0 Å². The van der Waals surface area contributed by atoms with Gasteiger partial charge in [0.05, 0.1) is 20.1 Å². The smallest absolute Gasteiger partial charge is 0.306 e. The van der Waals surface area contributed by atoms with Crippen molar-refractivity contribution >= 4 is 5.97 Å². The monoisotopic (exact) mass is 225 g/mol. The summed E-state index contributed by atoms with van der Waals surface area (Å²) in [6.07, 6.45) is 4.18. The highest BCUT2D eigenvalue weighted by molar-refractivity contribution is 5.69. The molecule has 0 spiro atoms. The summed E-state index contributed by atoms with van der Waals surface area (Å²) in [5.41, 5.74) is 0.